The lowest BCUT2D eigenvalue weighted by Gasteiger charge is -2.41. The summed E-state index contributed by atoms with van der Waals surface area (Å²) < 4.78 is 10.5. The molecule has 1 heterocycles. The Kier molecular flexibility index (Phi) is 6.52. The molecule has 0 bridgehead atoms. The van der Waals surface area contributed by atoms with Crippen molar-refractivity contribution in [1.82, 2.24) is 9.80 Å². The summed E-state index contributed by atoms with van der Waals surface area (Å²) in [6.07, 6.45) is -1.34. The topological polar surface area (TPSA) is 97.5 Å². The second-order valence-electron chi connectivity index (χ2n) is 7.59. The molecule has 1 aliphatic rings. The van der Waals surface area contributed by atoms with E-state index in [2.05, 4.69) is 4.99 Å². The van der Waals surface area contributed by atoms with Crippen molar-refractivity contribution in [3.63, 3.8) is 0 Å². The number of rotatable bonds is 1. The molecule has 0 saturated carbocycles. The zero-order valence-corrected chi connectivity index (χ0v) is 16.3. The quantitative estimate of drug-likeness (QED) is 0.436. The van der Waals surface area contributed by atoms with Crippen LogP contribution in [0.5, 0.6) is 0 Å². The summed E-state index contributed by atoms with van der Waals surface area (Å²) in [6, 6.07) is 0. The van der Waals surface area contributed by atoms with E-state index in [-0.39, 0.29) is 11.2 Å². The summed E-state index contributed by atoms with van der Waals surface area (Å²) in [5.74, 6) is 0.198. The molecular weight excluding hydrogens is 332 g/mol. The maximum Gasteiger partial charge on any atom is 0.437 e. The molecular formula is C15H28N4O4S. The van der Waals surface area contributed by atoms with E-state index < -0.39 is 23.4 Å². The van der Waals surface area contributed by atoms with Crippen LogP contribution in [-0.4, -0.2) is 64.5 Å². The molecule has 0 atom stereocenters. The summed E-state index contributed by atoms with van der Waals surface area (Å²) in [5.41, 5.74) is -1.31. The van der Waals surface area contributed by atoms with E-state index in [4.69, 9.17) is 14.6 Å². The van der Waals surface area contributed by atoms with E-state index in [0.717, 1.165) is 0 Å². The lowest BCUT2D eigenvalue weighted by molar-refractivity contribution is 0.0374. The molecule has 1 fully saturated rings. The Hall–Kier alpha value is -1.48. The maximum absolute atomic E-state index is 12.3. The lowest BCUT2D eigenvalue weighted by atomic mass is 10.2. The zero-order valence-electron chi connectivity index (χ0n) is 15.5. The van der Waals surface area contributed by atoms with Gasteiger partial charge >= 0.3 is 12.2 Å². The number of amides is 2. The first-order chi connectivity index (χ1) is 10.8. The summed E-state index contributed by atoms with van der Waals surface area (Å²) in [7, 11) is 1.51. The highest BCUT2D eigenvalue weighted by Gasteiger charge is 2.35. The summed E-state index contributed by atoms with van der Waals surface area (Å²) in [5, 5.41) is 5.79. The van der Waals surface area contributed by atoms with Crippen molar-refractivity contribution >= 4 is 30.1 Å². The Bertz CT molecular complexity index is 505. The van der Waals surface area contributed by atoms with Gasteiger partial charge < -0.3 is 14.4 Å². The first-order valence-electron chi connectivity index (χ1n) is 7.71. The van der Waals surface area contributed by atoms with Crippen LogP contribution in [0.15, 0.2) is 4.99 Å². The molecule has 0 spiro atoms. The highest BCUT2D eigenvalue weighted by molar-refractivity contribution is 7.97. The van der Waals surface area contributed by atoms with Crippen LogP contribution < -0.4 is 5.14 Å². The first-order valence-corrected chi connectivity index (χ1v) is 8.65. The molecule has 0 aromatic rings. The van der Waals surface area contributed by atoms with Gasteiger partial charge in [-0.3, -0.25) is 10.0 Å². The Morgan fingerprint density at radius 2 is 1.62 bits per heavy atom. The van der Waals surface area contributed by atoms with Gasteiger partial charge in [-0.25, -0.2) is 9.59 Å². The van der Waals surface area contributed by atoms with Crippen molar-refractivity contribution in [1.29, 1.82) is 0 Å². The van der Waals surface area contributed by atoms with E-state index >= 15 is 0 Å². The van der Waals surface area contributed by atoms with Gasteiger partial charge in [-0.15, -0.1) is 4.99 Å². The maximum atomic E-state index is 12.3. The minimum atomic E-state index is -0.753. The summed E-state index contributed by atoms with van der Waals surface area (Å²) >= 11 is 1.24. The third kappa shape index (κ3) is 6.56. The van der Waals surface area contributed by atoms with Gasteiger partial charge in [-0.2, -0.15) is 0 Å². The number of ether oxygens (including phenoxy) is 2. The molecule has 0 aromatic carbocycles. The summed E-state index contributed by atoms with van der Waals surface area (Å²) in [4.78, 5) is 31.3. The molecule has 1 aliphatic heterocycles. The van der Waals surface area contributed by atoms with Gasteiger partial charge in [0.25, 0.3) is 0 Å². The molecule has 0 aliphatic carbocycles. The molecule has 138 valence electrons. The van der Waals surface area contributed by atoms with Gasteiger partial charge in [0.1, 0.15) is 11.2 Å². The normalized spacial score (nSPS) is 16.5. The third-order valence-corrected chi connectivity index (χ3v) is 3.56. The van der Waals surface area contributed by atoms with Gasteiger partial charge in [-0.1, -0.05) is 11.9 Å². The van der Waals surface area contributed by atoms with Gasteiger partial charge in [0.15, 0.2) is 0 Å². The highest BCUT2D eigenvalue weighted by Crippen LogP contribution is 2.21. The van der Waals surface area contributed by atoms with Crippen molar-refractivity contribution in [2.24, 2.45) is 10.1 Å². The molecule has 2 N–H and O–H groups in total. The van der Waals surface area contributed by atoms with Gasteiger partial charge in [0, 0.05) is 20.1 Å². The average Bonchev–Trinajstić information content (AvgIpc) is 2.30. The Morgan fingerprint density at radius 3 is 2.04 bits per heavy atom. The minimum Gasteiger partial charge on any atom is -0.443 e. The number of hydrogen-bond donors (Lipinski definition) is 1. The molecule has 1 rings (SSSR count). The number of likely N-dealkylation sites (tertiary alicyclic amines) is 1. The SMILES string of the molecule is CN(C(=O)OC(C)(C)C)/C(=N/C(=O)OC(C)(C)C)N1CC(SN)C1. The van der Waals surface area contributed by atoms with Gasteiger partial charge in [0.05, 0.1) is 5.25 Å². The summed E-state index contributed by atoms with van der Waals surface area (Å²) in [6.45, 7) is 11.8. The lowest BCUT2D eigenvalue weighted by Crippen LogP contribution is -2.58. The Labute approximate surface area is 147 Å². The average molecular weight is 360 g/mol. The van der Waals surface area contributed by atoms with Crippen molar-refractivity contribution in [3.8, 4) is 0 Å². The number of hydrogen-bond acceptors (Lipinski definition) is 6. The van der Waals surface area contributed by atoms with Gasteiger partial charge in [-0.05, 0) is 41.5 Å². The second kappa shape index (κ2) is 7.60. The number of guanidine groups is 1. The van der Waals surface area contributed by atoms with Crippen LogP contribution in [0, 0.1) is 0 Å². The number of nitrogens with zero attached hydrogens (tertiary/aromatic N) is 3. The smallest absolute Gasteiger partial charge is 0.437 e. The number of nitrogens with two attached hydrogens (primary N) is 1. The van der Waals surface area contributed by atoms with Crippen LogP contribution in [0.25, 0.3) is 0 Å². The number of carbonyl (C=O) groups excluding carboxylic acids is 2. The molecule has 8 nitrogen and oxygen atoms in total. The fraction of sp³-hybridized carbons (Fsp3) is 0.800. The molecule has 2 amide bonds. The van der Waals surface area contributed by atoms with E-state index in [1.807, 2.05) is 0 Å². The van der Waals surface area contributed by atoms with E-state index in [9.17, 15) is 9.59 Å². The molecule has 24 heavy (non-hydrogen) atoms. The monoisotopic (exact) mass is 360 g/mol. The number of aliphatic imine (C=N–C) groups is 1. The second-order valence-corrected chi connectivity index (χ2v) is 8.53. The van der Waals surface area contributed by atoms with Crippen molar-refractivity contribution in [3.05, 3.63) is 0 Å². The van der Waals surface area contributed by atoms with Crippen molar-refractivity contribution < 1.29 is 19.1 Å². The van der Waals surface area contributed by atoms with Crippen LogP contribution in [0.4, 0.5) is 9.59 Å². The fourth-order valence-electron chi connectivity index (χ4n) is 1.82. The molecule has 0 unspecified atom stereocenters. The first kappa shape index (κ1) is 20.6. The third-order valence-electron chi connectivity index (χ3n) is 2.88. The minimum absolute atomic E-state index is 0.198. The van der Waals surface area contributed by atoms with Crippen LogP contribution in [0.1, 0.15) is 41.5 Å². The predicted molar refractivity (Wildman–Crippen MR) is 94.8 cm³/mol. The molecule has 0 radical (unpaired) electrons. The molecule has 9 heteroatoms. The predicted octanol–water partition coefficient (Wildman–Crippen LogP) is 2.44. The van der Waals surface area contributed by atoms with E-state index in [1.165, 1.54) is 23.9 Å². The van der Waals surface area contributed by atoms with E-state index in [0.29, 0.717) is 13.1 Å². The standard InChI is InChI=1S/C15H28N4O4S/c1-14(2,3)22-12(20)17-11(19-8-10(9-19)24-16)18(7)13(21)23-15(4,5)6/h10H,8-9,16H2,1-7H3/b17-11-. The molecule has 1 saturated heterocycles. The Morgan fingerprint density at radius 1 is 1.12 bits per heavy atom. The highest BCUT2D eigenvalue weighted by atomic mass is 32.2. The molecule has 0 aromatic heterocycles. The van der Waals surface area contributed by atoms with Crippen LogP contribution in [0.3, 0.4) is 0 Å². The fourth-order valence-corrected chi connectivity index (χ4v) is 2.36. The number of carbonyl (C=O) groups is 2. The van der Waals surface area contributed by atoms with Crippen LogP contribution in [0.2, 0.25) is 0 Å². The largest absolute Gasteiger partial charge is 0.443 e. The van der Waals surface area contributed by atoms with E-state index in [1.54, 1.807) is 46.4 Å². The zero-order chi connectivity index (χ0) is 18.7. The van der Waals surface area contributed by atoms with Crippen molar-refractivity contribution in [2.45, 2.75) is 58.0 Å². The van der Waals surface area contributed by atoms with Gasteiger partial charge in [0.2, 0.25) is 5.96 Å². The van der Waals surface area contributed by atoms with Crippen molar-refractivity contribution in [2.75, 3.05) is 20.1 Å². The Balaban J connectivity index is 2.93. The van der Waals surface area contributed by atoms with Crippen LogP contribution >= 0.6 is 11.9 Å². The van der Waals surface area contributed by atoms with Crippen LogP contribution in [-0.2, 0) is 9.47 Å².